The lowest BCUT2D eigenvalue weighted by molar-refractivity contribution is -0.143. The van der Waals surface area contributed by atoms with Crippen molar-refractivity contribution in [2.45, 2.75) is 90.3 Å². The molecule has 2 N–H and O–H groups in total. The number of phenolic OH excluding ortho intramolecular Hbond substituents is 1. The van der Waals surface area contributed by atoms with E-state index >= 15 is 0 Å². The monoisotopic (exact) mass is 746 g/mol. The SMILES string of the molecule is CCOC(=O)CCCN1CCC(N2CCN(C(=O)[C@@H](Cc3cc(C)c(O)c(C)c3)OC(=O)N3CCC(N4CCc5ccccc5NC4=O)CC3)CC2)CC1. The number of para-hydroxylation sites is 1. The molecule has 0 aromatic heterocycles. The molecule has 3 fully saturated rings. The van der Waals surface area contributed by atoms with Gasteiger partial charge in [0.05, 0.1) is 6.61 Å². The number of phenols is 1. The number of ether oxygens (including phenoxy) is 2. The third-order valence-corrected chi connectivity index (χ3v) is 11.7. The van der Waals surface area contributed by atoms with Gasteiger partial charge in [-0.05, 0) is 107 Å². The molecule has 4 amide bonds. The fraction of sp³-hybridized carbons (Fsp3) is 0.610. The second kappa shape index (κ2) is 18.3. The van der Waals surface area contributed by atoms with E-state index in [9.17, 15) is 24.3 Å². The van der Waals surface area contributed by atoms with Gasteiger partial charge in [0.2, 0.25) is 0 Å². The number of rotatable bonds is 11. The Hall–Kier alpha value is -4.36. The summed E-state index contributed by atoms with van der Waals surface area (Å²) in [5.41, 5.74) is 4.22. The molecule has 0 bridgehead atoms. The van der Waals surface area contributed by atoms with Gasteiger partial charge < -0.3 is 39.5 Å². The quantitative estimate of drug-likeness (QED) is 0.318. The summed E-state index contributed by atoms with van der Waals surface area (Å²) in [5, 5.41) is 13.4. The van der Waals surface area contributed by atoms with Crippen molar-refractivity contribution >= 4 is 29.7 Å². The van der Waals surface area contributed by atoms with Crippen molar-refractivity contribution < 1.29 is 33.8 Å². The van der Waals surface area contributed by atoms with E-state index in [-0.39, 0.29) is 36.1 Å². The number of hydrogen-bond donors (Lipinski definition) is 2. The van der Waals surface area contributed by atoms with Gasteiger partial charge in [-0.3, -0.25) is 14.5 Å². The molecule has 3 saturated heterocycles. The molecule has 4 aliphatic heterocycles. The minimum atomic E-state index is -1.00. The minimum absolute atomic E-state index is 0.00333. The van der Waals surface area contributed by atoms with Crippen LogP contribution in [0.1, 0.15) is 67.7 Å². The van der Waals surface area contributed by atoms with Gasteiger partial charge in [0.1, 0.15) is 5.75 Å². The highest BCUT2D eigenvalue weighted by molar-refractivity contribution is 5.91. The predicted molar refractivity (Wildman–Crippen MR) is 206 cm³/mol. The maximum Gasteiger partial charge on any atom is 0.410 e. The van der Waals surface area contributed by atoms with E-state index in [0.29, 0.717) is 75.8 Å². The van der Waals surface area contributed by atoms with Crippen LogP contribution in [-0.2, 0) is 31.9 Å². The van der Waals surface area contributed by atoms with Gasteiger partial charge in [-0.2, -0.15) is 0 Å². The van der Waals surface area contributed by atoms with Crippen LogP contribution in [0.4, 0.5) is 15.3 Å². The van der Waals surface area contributed by atoms with Gasteiger partial charge in [-0.25, -0.2) is 9.59 Å². The van der Waals surface area contributed by atoms with Crippen molar-refractivity contribution in [3.63, 3.8) is 0 Å². The fourth-order valence-electron chi connectivity index (χ4n) is 8.55. The first-order valence-corrected chi connectivity index (χ1v) is 19.9. The number of nitrogens with zero attached hydrogens (tertiary/aromatic N) is 5. The van der Waals surface area contributed by atoms with E-state index in [4.69, 9.17) is 9.47 Å². The van der Waals surface area contributed by atoms with Crippen LogP contribution in [0.25, 0.3) is 0 Å². The maximum atomic E-state index is 14.2. The lowest BCUT2D eigenvalue weighted by atomic mass is 10.00. The summed E-state index contributed by atoms with van der Waals surface area (Å²) < 4.78 is 11.1. The minimum Gasteiger partial charge on any atom is -0.507 e. The van der Waals surface area contributed by atoms with Crippen LogP contribution >= 0.6 is 0 Å². The number of hydrogen-bond acceptors (Lipinski definition) is 9. The van der Waals surface area contributed by atoms with E-state index in [0.717, 1.165) is 75.2 Å². The topological polar surface area (TPSA) is 135 Å². The third kappa shape index (κ3) is 9.84. The number of likely N-dealkylation sites (tertiary alicyclic amines) is 2. The zero-order valence-electron chi connectivity index (χ0n) is 32.3. The van der Waals surface area contributed by atoms with Crippen molar-refractivity contribution in [2.75, 3.05) is 77.4 Å². The molecule has 4 aliphatic rings. The number of piperazine rings is 1. The molecule has 2 aromatic rings. The van der Waals surface area contributed by atoms with Gasteiger partial charge in [-0.15, -0.1) is 0 Å². The zero-order chi connectivity index (χ0) is 38.2. The summed E-state index contributed by atoms with van der Waals surface area (Å²) in [4.78, 5) is 63.0. The molecule has 13 heteroatoms. The molecule has 4 heterocycles. The van der Waals surface area contributed by atoms with Crippen LogP contribution in [-0.4, -0.2) is 144 Å². The van der Waals surface area contributed by atoms with Crippen LogP contribution in [0, 0.1) is 13.8 Å². The number of anilines is 1. The molecule has 13 nitrogen and oxygen atoms in total. The summed E-state index contributed by atoms with van der Waals surface area (Å²) in [6.07, 6.45) is 4.10. The Morgan fingerprint density at radius 2 is 1.54 bits per heavy atom. The number of piperidine rings is 2. The van der Waals surface area contributed by atoms with Crippen LogP contribution in [0.15, 0.2) is 36.4 Å². The van der Waals surface area contributed by atoms with Crippen LogP contribution in [0.2, 0.25) is 0 Å². The maximum absolute atomic E-state index is 14.2. The Kier molecular flexibility index (Phi) is 13.3. The van der Waals surface area contributed by atoms with E-state index in [1.54, 1.807) is 4.90 Å². The van der Waals surface area contributed by atoms with Crippen molar-refractivity contribution in [1.29, 1.82) is 0 Å². The summed E-state index contributed by atoms with van der Waals surface area (Å²) in [6, 6.07) is 11.9. The van der Waals surface area contributed by atoms with Gasteiger partial charge in [0.25, 0.3) is 5.91 Å². The molecule has 0 radical (unpaired) electrons. The molecule has 54 heavy (non-hydrogen) atoms. The highest BCUT2D eigenvalue weighted by Crippen LogP contribution is 2.27. The number of amides is 4. The van der Waals surface area contributed by atoms with Gasteiger partial charge >= 0.3 is 18.1 Å². The number of esters is 1. The largest absolute Gasteiger partial charge is 0.507 e. The molecule has 2 aromatic carbocycles. The summed E-state index contributed by atoms with van der Waals surface area (Å²) in [6.45, 7) is 12.9. The molecule has 0 aliphatic carbocycles. The first kappa shape index (κ1) is 39.3. The summed E-state index contributed by atoms with van der Waals surface area (Å²) in [5.74, 6) is -0.0993. The Labute approximate surface area is 319 Å². The molecule has 0 unspecified atom stereocenters. The number of aromatic hydroxyl groups is 1. The lowest BCUT2D eigenvalue weighted by Crippen LogP contribution is -2.56. The van der Waals surface area contributed by atoms with Crippen LogP contribution in [0.5, 0.6) is 5.75 Å². The Morgan fingerprint density at radius 1 is 0.870 bits per heavy atom. The smallest absolute Gasteiger partial charge is 0.410 e. The molecule has 6 rings (SSSR count). The average Bonchev–Trinajstić information content (AvgIpc) is 3.35. The Balaban J connectivity index is 1.02. The predicted octanol–water partition coefficient (Wildman–Crippen LogP) is 4.56. The molecule has 294 valence electrons. The second-order valence-corrected chi connectivity index (χ2v) is 15.2. The van der Waals surface area contributed by atoms with Crippen molar-refractivity contribution in [3.05, 3.63) is 58.7 Å². The standard InChI is InChI=1S/C41H58N6O7/c1-4-53-37(48)10-7-16-43-17-12-33(13-18-43)44-22-24-45(25-23-44)39(50)36(28-31-26-29(2)38(49)30(3)27-31)54-41(52)46-19-14-34(15-20-46)47-21-11-32-8-5-6-9-35(32)42-40(47)51/h5-6,8-9,26-27,33-34,36,49H,4,7,10-25,28H2,1-3H3,(H,42,51)/t36-/m1/s1. The fourth-order valence-corrected chi connectivity index (χ4v) is 8.55. The Morgan fingerprint density at radius 3 is 2.22 bits per heavy atom. The van der Waals surface area contributed by atoms with Crippen molar-refractivity contribution in [1.82, 2.24) is 24.5 Å². The van der Waals surface area contributed by atoms with Gasteiger partial charge in [0, 0.05) is 76.4 Å². The van der Waals surface area contributed by atoms with E-state index < -0.39 is 12.2 Å². The number of urea groups is 1. The number of carbonyl (C=O) groups excluding carboxylic acids is 4. The lowest BCUT2D eigenvalue weighted by Gasteiger charge is -2.43. The summed E-state index contributed by atoms with van der Waals surface area (Å²) >= 11 is 0. The number of fused-ring (bicyclic) bond motifs is 1. The number of carbonyl (C=O) groups is 4. The number of aryl methyl sites for hydroxylation is 2. The Bertz CT molecular complexity index is 1610. The summed E-state index contributed by atoms with van der Waals surface area (Å²) in [7, 11) is 0. The normalized spacial score (nSPS) is 19.8. The van der Waals surface area contributed by atoms with Crippen LogP contribution in [0.3, 0.4) is 0 Å². The number of nitrogens with one attached hydrogen (secondary N) is 1. The third-order valence-electron chi connectivity index (χ3n) is 11.7. The highest BCUT2D eigenvalue weighted by atomic mass is 16.6. The molecule has 0 saturated carbocycles. The number of benzene rings is 2. The molecular formula is C41H58N6O7. The first-order valence-electron chi connectivity index (χ1n) is 19.9. The van der Waals surface area contributed by atoms with E-state index in [2.05, 4.69) is 15.1 Å². The average molecular weight is 747 g/mol. The van der Waals surface area contributed by atoms with Crippen molar-refractivity contribution in [2.24, 2.45) is 0 Å². The van der Waals surface area contributed by atoms with Crippen molar-refractivity contribution in [3.8, 4) is 5.75 Å². The van der Waals surface area contributed by atoms with Gasteiger partial charge in [-0.1, -0.05) is 30.3 Å². The molecule has 0 spiro atoms. The van der Waals surface area contributed by atoms with E-state index in [1.165, 1.54) is 0 Å². The van der Waals surface area contributed by atoms with Gasteiger partial charge in [0.15, 0.2) is 6.10 Å². The second-order valence-electron chi connectivity index (χ2n) is 15.2. The first-order chi connectivity index (χ1) is 26.1. The highest BCUT2D eigenvalue weighted by Gasteiger charge is 2.36. The van der Waals surface area contributed by atoms with E-state index in [1.807, 2.05) is 67.0 Å². The molecular weight excluding hydrogens is 688 g/mol. The zero-order valence-corrected chi connectivity index (χ0v) is 32.3. The van der Waals surface area contributed by atoms with Crippen LogP contribution < -0.4 is 5.32 Å². The molecule has 1 atom stereocenters.